The van der Waals surface area contributed by atoms with E-state index < -0.39 is 10.0 Å². The molecule has 3 aromatic rings. The summed E-state index contributed by atoms with van der Waals surface area (Å²) in [6.45, 7) is 6.53. The van der Waals surface area contributed by atoms with E-state index in [0.29, 0.717) is 48.7 Å². The van der Waals surface area contributed by atoms with Gasteiger partial charge in [0.1, 0.15) is 21.7 Å². The fourth-order valence-corrected chi connectivity index (χ4v) is 5.68. The Morgan fingerprint density at radius 2 is 1.93 bits per heavy atom. The second-order valence-electron chi connectivity index (χ2n) is 6.49. The number of hydrogen-bond donors (Lipinski definition) is 0. The van der Waals surface area contributed by atoms with Crippen LogP contribution in [0.1, 0.15) is 11.5 Å². The number of benzene rings is 1. The van der Waals surface area contributed by atoms with Crippen LogP contribution in [0.2, 0.25) is 0 Å². The van der Waals surface area contributed by atoms with Gasteiger partial charge in [-0.05, 0) is 38.2 Å². The van der Waals surface area contributed by atoms with Crippen molar-refractivity contribution in [2.75, 3.05) is 26.2 Å². The number of aromatic nitrogens is 3. The van der Waals surface area contributed by atoms with Crippen molar-refractivity contribution in [2.24, 2.45) is 0 Å². The maximum absolute atomic E-state index is 13.1. The number of aryl methyl sites for hydroxylation is 1. The van der Waals surface area contributed by atoms with Gasteiger partial charge in [-0.3, -0.25) is 9.47 Å². The van der Waals surface area contributed by atoms with Crippen molar-refractivity contribution in [3.05, 3.63) is 34.5 Å². The first-order chi connectivity index (χ1) is 12.9. The average molecular weight is 426 g/mol. The summed E-state index contributed by atoms with van der Waals surface area (Å²) in [5.74, 6) is 0.811. The van der Waals surface area contributed by atoms with Crippen molar-refractivity contribution in [3.8, 4) is 0 Å². The molecule has 0 bridgehead atoms. The Bertz CT molecular complexity index is 1140. The minimum atomic E-state index is -3.60. The fraction of sp³-hybridized carbons (Fsp3) is 0.438. The summed E-state index contributed by atoms with van der Waals surface area (Å²) in [5, 5.41) is 0. The second kappa shape index (κ2) is 7.06. The van der Waals surface area contributed by atoms with E-state index in [4.69, 9.17) is 16.6 Å². The molecule has 0 N–H and O–H groups in total. The first-order valence-corrected chi connectivity index (χ1v) is 11.1. The smallest absolute Gasteiger partial charge is 0.270 e. The van der Waals surface area contributed by atoms with Gasteiger partial charge in [0, 0.05) is 26.2 Å². The molecule has 0 aliphatic carbocycles. The van der Waals surface area contributed by atoms with Gasteiger partial charge in [0.15, 0.2) is 0 Å². The van der Waals surface area contributed by atoms with Gasteiger partial charge in [0.05, 0.1) is 24.1 Å². The number of nitrogens with zero attached hydrogens (tertiary/aromatic N) is 5. The standard InChI is InChI=1S/C16H19N5O3S3/c1-11-12(2)24-16(25)21(11)10-19-6-8-20(9-7-19)27(22,23)14-5-3-4-13-15(14)18-26-17-13/h3-5H,6-10H2,1-2H3. The van der Waals surface area contributed by atoms with Gasteiger partial charge in [-0.2, -0.15) is 13.1 Å². The van der Waals surface area contributed by atoms with Crippen LogP contribution in [-0.2, 0) is 16.7 Å². The van der Waals surface area contributed by atoms with Crippen LogP contribution in [0.4, 0.5) is 0 Å². The number of hydrogen-bond acceptors (Lipinski definition) is 8. The number of oxazole rings is 1. The monoisotopic (exact) mass is 425 g/mol. The molecule has 3 heterocycles. The number of sulfonamides is 1. The molecule has 0 saturated carbocycles. The second-order valence-corrected chi connectivity index (χ2v) is 9.27. The maximum atomic E-state index is 13.1. The van der Waals surface area contributed by atoms with Crippen LogP contribution in [0.3, 0.4) is 0 Å². The van der Waals surface area contributed by atoms with Crippen LogP contribution < -0.4 is 0 Å². The largest absolute Gasteiger partial charge is 0.435 e. The number of rotatable bonds is 4. The lowest BCUT2D eigenvalue weighted by atomic mass is 10.3. The van der Waals surface area contributed by atoms with Crippen LogP contribution in [-0.4, -0.2) is 57.1 Å². The van der Waals surface area contributed by atoms with Crippen molar-refractivity contribution in [3.63, 3.8) is 0 Å². The highest BCUT2D eigenvalue weighted by Crippen LogP contribution is 2.25. The van der Waals surface area contributed by atoms with Crippen molar-refractivity contribution >= 4 is 45.0 Å². The molecule has 1 fully saturated rings. The van der Waals surface area contributed by atoms with Crippen molar-refractivity contribution < 1.29 is 12.8 Å². The Labute approximate surface area is 166 Å². The molecule has 2 aromatic heterocycles. The SMILES string of the molecule is Cc1oc(=S)n(CN2CCN(S(=O)(=O)c3cccc4nsnc34)CC2)c1C. The third kappa shape index (κ3) is 3.34. The van der Waals surface area contributed by atoms with Gasteiger partial charge in [0.2, 0.25) is 10.0 Å². The van der Waals surface area contributed by atoms with E-state index in [2.05, 4.69) is 13.6 Å². The summed E-state index contributed by atoms with van der Waals surface area (Å²) >= 11 is 6.29. The minimum Gasteiger partial charge on any atom is -0.435 e. The molecule has 1 aliphatic rings. The van der Waals surface area contributed by atoms with Crippen LogP contribution >= 0.6 is 23.9 Å². The molecular weight excluding hydrogens is 406 g/mol. The molecule has 8 nitrogen and oxygen atoms in total. The third-order valence-corrected chi connectivity index (χ3v) is 7.69. The van der Waals surface area contributed by atoms with Gasteiger partial charge in [-0.25, -0.2) is 8.42 Å². The molecule has 11 heteroatoms. The molecule has 0 atom stereocenters. The highest BCUT2D eigenvalue weighted by atomic mass is 32.2. The zero-order valence-corrected chi connectivity index (χ0v) is 17.4. The van der Waals surface area contributed by atoms with E-state index in [1.807, 2.05) is 18.4 Å². The molecule has 4 rings (SSSR count). The van der Waals surface area contributed by atoms with E-state index in [0.717, 1.165) is 23.2 Å². The van der Waals surface area contributed by atoms with Gasteiger partial charge in [0.25, 0.3) is 4.84 Å². The lowest BCUT2D eigenvalue weighted by Crippen LogP contribution is -2.48. The summed E-state index contributed by atoms with van der Waals surface area (Å²) in [6, 6.07) is 5.08. The quantitative estimate of drug-likeness (QED) is 0.594. The zero-order valence-electron chi connectivity index (χ0n) is 15.0. The summed E-state index contributed by atoms with van der Waals surface area (Å²) < 4.78 is 43.4. The van der Waals surface area contributed by atoms with Gasteiger partial charge >= 0.3 is 0 Å². The van der Waals surface area contributed by atoms with Gasteiger partial charge in [-0.15, -0.1) is 0 Å². The lowest BCUT2D eigenvalue weighted by Gasteiger charge is -2.34. The van der Waals surface area contributed by atoms with Gasteiger partial charge in [-0.1, -0.05) is 6.07 Å². The van der Waals surface area contributed by atoms with Crippen LogP contribution in [0.25, 0.3) is 11.0 Å². The highest BCUT2D eigenvalue weighted by molar-refractivity contribution is 7.89. The number of fused-ring (bicyclic) bond motifs is 1. The molecule has 144 valence electrons. The highest BCUT2D eigenvalue weighted by Gasteiger charge is 2.30. The van der Waals surface area contributed by atoms with Crippen LogP contribution in [0.15, 0.2) is 27.5 Å². The summed E-state index contributed by atoms with van der Waals surface area (Å²) in [4.78, 5) is 2.85. The molecule has 1 saturated heterocycles. The normalized spacial score (nSPS) is 17.0. The molecule has 0 radical (unpaired) electrons. The predicted molar refractivity (Wildman–Crippen MR) is 105 cm³/mol. The lowest BCUT2D eigenvalue weighted by molar-refractivity contribution is 0.149. The number of piperazine rings is 1. The first-order valence-electron chi connectivity index (χ1n) is 8.48. The fourth-order valence-electron chi connectivity index (χ4n) is 3.19. The molecule has 0 spiro atoms. The average Bonchev–Trinajstić information content (AvgIpc) is 3.22. The minimum absolute atomic E-state index is 0.228. The molecular formula is C16H19N5O3S3. The van der Waals surface area contributed by atoms with E-state index in [1.165, 1.54) is 4.31 Å². The Kier molecular flexibility index (Phi) is 4.89. The van der Waals surface area contributed by atoms with Crippen LogP contribution in [0, 0.1) is 18.7 Å². The zero-order chi connectivity index (χ0) is 19.2. The van der Waals surface area contributed by atoms with Crippen molar-refractivity contribution in [1.29, 1.82) is 0 Å². The summed E-state index contributed by atoms with van der Waals surface area (Å²) in [6.07, 6.45) is 0. The van der Waals surface area contributed by atoms with Crippen molar-refractivity contribution in [2.45, 2.75) is 25.4 Å². The van der Waals surface area contributed by atoms with E-state index in [1.54, 1.807) is 18.2 Å². The Hall–Kier alpha value is -1.66. The summed E-state index contributed by atoms with van der Waals surface area (Å²) in [7, 11) is -3.60. The molecule has 27 heavy (non-hydrogen) atoms. The Balaban J connectivity index is 1.50. The Morgan fingerprint density at radius 1 is 1.19 bits per heavy atom. The Morgan fingerprint density at radius 3 is 2.59 bits per heavy atom. The van der Waals surface area contributed by atoms with E-state index >= 15 is 0 Å². The third-order valence-electron chi connectivity index (χ3n) is 4.91. The van der Waals surface area contributed by atoms with E-state index in [-0.39, 0.29) is 4.90 Å². The topological polar surface area (TPSA) is 84.5 Å². The molecule has 0 unspecified atom stereocenters. The predicted octanol–water partition coefficient (Wildman–Crippen LogP) is 2.40. The first kappa shape index (κ1) is 18.7. The van der Waals surface area contributed by atoms with Gasteiger partial charge < -0.3 is 4.42 Å². The van der Waals surface area contributed by atoms with Crippen LogP contribution in [0.5, 0.6) is 0 Å². The molecule has 1 aromatic carbocycles. The molecule has 1 aliphatic heterocycles. The maximum Gasteiger partial charge on any atom is 0.270 e. The van der Waals surface area contributed by atoms with Crippen molar-refractivity contribution in [1.82, 2.24) is 22.5 Å². The van der Waals surface area contributed by atoms with E-state index in [9.17, 15) is 8.42 Å². The summed E-state index contributed by atoms with van der Waals surface area (Å²) in [5.41, 5.74) is 2.05. The molecule has 0 amide bonds.